The Morgan fingerprint density at radius 1 is 1.38 bits per heavy atom. The lowest BCUT2D eigenvalue weighted by atomic mass is 9.90. The van der Waals surface area contributed by atoms with Gasteiger partial charge in [0.2, 0.25) is 0 Å². The SMILES string of the molecule is COc1cc([C@H]2[NH2+][C@@H](C(=O)[O-])Cc3c2[nH]c2ccccc32)cc(Br)c1O. The number of ether oxygens (including phenoxy) is 1. The van der Waals surface area contributed by atoms with Gasteiger partial charge in [-0.25, -0.2) is 0 Å². The van der Waals surface area contributed by atoms with E-state index in [4.69, 9.17) is 4.74 Å². The van der Waals surface area contributed by atoms with Crippen LogP contribution in [0.25, 0.3) is 10.9 Å². The van der Waals surface area contributed by atoms with Gasteiger partial charge in [-0.05, 0) is 39.7 Å². The first-order valence-electron chi connectivity index (χ1n) is 8.21. The molecule has 0 bridgehead atoms. The fraction of sp³-hybridized carbons (Fsp3) is 0.211. The first kappa shape index (κ1) is 16.9. The molecule has 6 nitrogen and oxygen atoms in total. The second-order valence-electron chi connectivity index (χ2n) is 6.42. The Kier molecular flexibility index (Phi) is 4.13. The quantitative estimate of drug-likeness (QED) is 0.591. The number of H-pyrrole nitrogens is 1. The number of halogens is 1. The van der Waals surface area contributed by atoms with Crippen molar-refractivity contribution in [2.24, 2.45) is 0 Å². The van der Waals surface area contributed by atoms with E-state index in [1.54, 1.807) is 17.4 Å². The molecule has 134 valence electrons. The van der Waals surface area contributed by atoms with Gasteiger partial charge in [0.15, 0.2) is 17.5 Å². The number of carboxylic acids is 1. The van der Waals surface area contributed by atoms with Crippen LogP contribution in [-0.2, 0) is 11.2 Å². The molecule has 0 spiro atoms. The van der Waals surface area contributed by atoms with Gasteiger partial charge in [0.1, 0.15) is 6.04 Å². The molecular formula is C19H17BrN2O4. The number of carboxylic acid groups (broad SMARTS) is 1. The molecule has 1 aromatic heterocycles. The maximum Gasteiger partial charge on any atom is 0.172 e. The summed E-state index contributed by atoms with van der Waals surface area (Å²) in [4.78, 5) is 15.0. The van der Waals surface area contributed by atoms with Gasteiger partial charge in [0.25, 0.3) is 0 Å². The number of para-hydroxylation sites is 1. The van der Waals surface area contributed by atoms with Crippen LogP contribution in [0.1, 0.15) is 22.9 Å². The van der Waals surface area contributed by atoms with Gasteiger partial charge in [-0.1, -0.05) is 18.2 Å². The van der Waals surface area contributed by atoms with E-state index in [1.165, 1.54) is 7.11 Å². The van der Waals surface area contributed by atoms with Crippen LogP contribution in [0.2, 0.25) is 0 Å². The number of rotatable bonds is 3. The summed E-state index contributed by atoms with van der Waals surface area (Å²) in [5.41, 5.74) is 3.75. The van der Waals surface area contributed by atoms with Crippen molar-refractivity contribution in [1.29, 1.82) is 0 Å². The lowest BCUT2D eigenvalue weighted by Crippen LogP contribution is -2.95. The zero-order chi connectivity index (χ0) is 18.4. The van der Waals surface area contributed by atoms with Crippen molar-refractivity contribution in [1.82, 2.24) is 4.98 Å². The molecule has 0 saturated carbocycles. The van der Waals surface area contributed by atoms with Crippen LogP contribution in [0.15, 0.2) is 40.9 Å². The van der Waals surface area contributed by atoms with Crippen LogP contribution in [-0.4, -0.2) is 29.2 Å². The number of nitrogens with one attached hydrogen (secondary N) is 1. The molecular weight excluding hydrogens is 400 g/mol. The predicted molar refractivity (Wildman–Crippen MR) is 96.9 cm³/mol. The predicted octanol–water partition coefficient (Wildman–Crippen LogP) is 0.972. The molecule has 26 heavy (non-hydrogen) atoms. The van der Waals surface area contributed by atoms with Crippen molar-refractivity contribution >= 4 is 32.8 Å². The number of phenols is 1. The van der Waals surface area contributed by atoms with Crippen molar-refractivity contribution in [3.05, 3.63) is 57.7 Å². The number of quaternary nitrogens is 1. The number of aromatic hydroxyl groups is 1. The molecule has 1 aliphatic heterocycles. The molecule has 0 saturated heterocycles. The van der Waals surface area contributed by atoms with E-state index in [9.17, 15) is 15.0 Å². The van der Waals surface area contributed by atoms with E-state index in [1.807, 2.05) is 24.3 Å². The second-order valence-corrected chi connectivity index (χ2v) is 7.27. The number of aromatic nitrogens is 1. The minimum absolute atomic E-state index is 0.0142. The Morgan fingerprint density at radius 3 is 2.88 bits per heavy atom. The van der Waals surface area contributed by atoms with E-state index in [2.05, 4.69) is 20.9 Å². The van der Waals surface area contributed by atoms with Crippen LogP contribution >= 0.6 is 15.9 Å². The van der Waals surface area contributed by atoms with E-state index >= 15 is 0 Å². The molecule has 2 aromatic carbocycles. The molecule has 0 unspecified atom stereocenters. The van der Waals surface area contributed by atoms with Gasteiger partial charge in [-0.15, -0.1) is 0 Å². The Hall–Kier alpha value is -2.51. The van der Waals surface area contributed by atoms with Gasteiger partial charge >= 0.3 is 0 Å². The monoisotopic (exact) mass is 416 g/mol. The first-order chi connectivity index (χ1) is 12.5. The van der Waals surface area contributed by atoms with Gasteiger partial charge < -0.3 is 30.0 Å². The summed E-state index contributed by atoms with van der Waals surface area (Å²) < 4.78 is 5.74. The number of hydrogen-bond donors (Lipinski definition) is 3. The lowest BCUT2D eigenvalue weighted by molar-refractivity contribution is -0.717. The van der Waals surface area contributed by atoms with Crippen LogP contribution in [0, 0.1) is 0 Å². The number of methoxy groups -OCH3 is 1. The average Bonchev–Trinajstić information content (AvgIpc) is 3.01. The van der Waals surface area contributed by atoms with Crippen molar-refractivity contribution < 1.29 is 25.1 Å². The number of aliphatic carboxylic acids is 1. The Bertz CT molecular complexity index is 1010. The average molecular weight is 417 g/mol. The summed E-state index contributed by atoms with van der Waals surface area (Å²) in [6.07, 6.45) is 0.397. The largest absolute Gasteiger partial charge is 0.544 e. The molecule has 2 heterocycles. The van der Waals surface area contributed by atoms with Crippen molar-refractivity contribution in [2.45, 2.75) is 18.5 Å². The third kappa shape index (κ3) is 2.64. The summed E-state index contributed by atoms with van der Waals surface area (Å²) in [6, 6.07) is 10.4. The molecule has 0 amide bonds. The number of aromatic amines is 1. The molecule has 0 radical (unpaired) electrons. The fourth-order valence-corrected chi connectivity index (χ4v) is 4.15. The Balaban J connectivity index is 1.91. The maximum absolute atomic E-state index is 11.6. The topological polar surface area (TPSA) is 102 Å². The fourth-order valence-electron chi connectivity index (χ4n) is 3.69. The summed E-state index contributed by atoms with van der Waals surface area (Å²) in [7, 11) is 1.48. The second kappa shape index (κ2) is 6.34. The van der Waals surface area contributed by atoms with Gasteiger partial charge in [-0.2, -0.15) is 0 Å². The molecule has 2 atom stereocenters. The van der Waals surface area contributed by atoms with Crippen LogP contribution in [0.4, 0.5) is 0 Å². The first-order valence-corrected chi connectivity index (χ1v) is 9.00. The third-order valence-corrected chi connectivity index (χ3v) is 5.54. The van der Waals surface area contributed by atoms with E-state index in [0.29, 0.717) is 16.6 Å². The molecule has 0 fully saturated rings. The number of carbonyl (C=O) groups excluding carboxylic acids is 1. The van der Waals surface area contributed by atoms with Crippen LogP contribution in [0.5, 0.6) is 11.5 Å². The Morgan fingerprint density at radius 2 is 2.15 bits per heavy atom. The summed E-state index contributed by atoms with van der Waals surface area (Å²) in [6.45, 7) is 0. The van der Waals surface area contributed by atoms with Gasteiger partial charge in [-0.3, -0.25) is 0 Å². The number of hydrogen-bond acceptors (Lipinski definition) is 4. The number of carbonyl (C=O) groups is 1. The van der Waals surface area contributed by atoms with Gasteiger partial charge in [0, 0.05) is 22.9 Å². The van der Waals surface area contributed by atoms with Crippen molar-refractivity contribution in [2.75, 3.05) is 7.11 Å². The van der Waals surface area contributed by atoms with Gasteiger partial charge in [0.05, 0.1) is 23.2 Å². The maximum atomic E-state index is 11.6. The number of nitrogens with two attached hydrogens (primary N) is 1. The molecule has 1 aliphatic rings. The zero-order valence-electron chi connectivity index (χ0n) is 14.0. The highest BCUT2D eigenvalue weighted by Crippen LogP contribution is 2.39. The molecule has 4 rings (SSSR count). The van der Waals surface area contributed by atoms with E-state index in [0.717, 1.165) is 27.7 Å². The summed E-state index contributed by atoms with van der Waals surface area (Å²) >= 11 is 3.34. The number of benzene rings is 2. The molecule has 7 heteroatoms. The van der Waals surface area contributed by atoms with E-state index in [-0.39, 0.29) is 11.8 Å². The molecule has 0 aliphatic carbocycles. The Labute approximate surface area is 157 Å². The number of fused-ring (bicyclic) bond motifs is 3. The zero-order valence-corrected chi connectivity index (χ0v) is 15.5. The molecule has 3 aromatic rings. The lowest BCUT2D eigenvalue weighted by Gasteiger charge is -2.29. The van der Waals surface area contributed by atoms with Crippen molar-refractivity contribution in [3.63, 3.8) is 0 Å². The highest BCUT2D eigenvalue weighted by molar-refractivity contribution is 9.10. The summed E-state index contributed by atoms with van der Waals surface area (Å²) in [5, 5.41) is 24.5. The third-order valence-electron chi connectivity index (χ3n) is 4.94. The van der Waals surface area contributed by atoms with Crippen molar-refractivity contribution in [3.8, 4) is 11.5 Å². The standard InChI is InChI=1S/C19H17BrN2O4/c1-26-15-7-9(6-12(20)18(15)23)16-17-11(8-14(22-16)19(24)25)10-4-2-3-5-13(10)21-17/h2-7,14,16,21-23H,8H2,1H3,(H,24,25)/t14-,16-/m1/s1. The smallest absolute Gasteiger partial charge is 0.172 e. The van der Waals surface area contributed by atoms with Crippen LogP contribution < -0.4 is 15.2 Å². The van der Waals surface area contributed by atoms with E-state index < -0.39 is 12.0 Å². The normalized spacial score (nSPS) is 19.3. The van der Waals surface area contributed by atoms with Crippen LogP contribution in [0.3, 0.4) is 0 Å². The molecule has 4 N–H and O–H groups in total. The number of phenolic OH excluding ortho intramolecular Hbond substituents is 1. The minimum Gasteiger partial charge on any atom is -0.544 e. The highest BCUT2D eigenvalue weighted by Gasteiger charge is 2.35. The highest BCUT2D eigenvalue weighted by atomic mass is 79.9. The minimum atomic E-state index is -1.09. The summed E-state index contributed by atoms with van der Waals surface area (Å²) in [5.74, 6) is -0.743.